The number of nitrogens with zero attached hydrogens (tertiary/aromatic N) is 2. The van der Waals surface area contributed by atoms with Crippen LogP contribution in [0, 0.1) is 23.7 Å². The van der Waals surface area contributed by atoms with Crippen LogP contribution in [0.2, 0.25) is 0 Å². The Morgan fingerprint density at radius 2 is 0.926 bits per heavy atom. The van der Waals surface area contributed by atoms with Crippen LogP contribution in [0.3, 0.4) is 0 Å². The topological polar surface area (TPSA) is 141 Å². The molecule has 12 nitrogen and oxygen atoms in total. The predicted octanol–water partition coefficient (Wildman–Crippen LogP) is 9.57. The monoisotopic (exact) mass is 919 g/mol. The highest BCUT2D eigenvalue weighted by molar-refractivity contribution is 5.97. The maximum absolute atomic E-state index is 12.9. The Morgan fingerprint density at radius 3 is 1.24 bits per heavy atom. The molecular weight excluding hydrogens is 853 g/mol. The fraction of sp³-hybridized carbons (Fsp3) is 0.429. The molecule has 4 aromatic rings. The van der Waals surface area contributed by atoms with Gasteiger partial charge in [-0.3, -0.25) is 19.2 Å². The van der Waals surface area contributed by atoms with E-state index in [1.54, 1.807) is 27.9 Å². The quantitative estimate of drug-likeness (QED) is 0.123. The normalized spacial score (nSPS) is 24.1. The molecule has 0 unspecified atom stereocenters. The molecule has 4 aliphatic heterocycles. The van der Waals surface area contributed by atoms with Gasteiger partial charge in [0.25, 0.3) is 11.8 Å². The summed E-state index contributed by atoms with van der Waals surface area (Å²) >= 11 is 0. The summed E-state index contributed by atoms with van der Waals surface area (Å²) in [5, 5.41) is 12.9. The number of carbonyl (C=O) groups is 4. The zero-order chi connectivity index (χ0) is 47.6. The van der Waals surface area contributed by atoms with Gasteiger partial charge in [-0.2, -0.15) is 0 Å². The van der Waals surface area contributed by atoms with Gasteiger partial charge in [-0.05, 0) is 157 Å². The highest BCUT2D eigenvalue weighted by Crippen LogP contribution is 2.52. The summed E-state index contributed by atoms with van der Waals surface area (Å²) in [6.07, 6.45) is 10.8. The first-order valence-electron chi connectivity index (χ1n) is 24.5. The van der Waals surface area contributed by atoms with E-state index in [1.165, 1.54) is 48.0 Å². The minimum atomic E-state index is -0.0943. The van der Waals surface area contributed by atoms with Crippen LogP contribution < -0.4 is 31.1 Å². The van der Waals surface area contributed by atoms with E-state index in [9.17, 15) is 19.2 Å². The Bertz CT molecular complexity index is 2420. The van der Waals surface area contributed by atoms with Crippen molar-refractivity contribution in [2.75, 3.05) is 61.0 Å². The average molecular weight is 919 g/mol. The third kappa shape index (κ3) is 9.71. The summed E-state index contributed by atoms with van der Waals surface area (Å²) in [6, 6.07) is 28.8. The van der Waals surface area contributed by atoms with Crippen LogP contribution in [0.5, 0.6) is 0 Å². The first-order valence-corrected chi connectivity index (χ1v) is 24.5. The van der Waals surface area contributed by atoms with Crippen LogP contribution in [-0.4, -0.2) is 76.2 Å². The third-order valence-electron chi connectivity index (χ3n) is 14.9. The second kappa shape index (κ2) is 20.2. The van der Waals surface area contributed by atoms with E-state index in [2.05, 4.69) is 83.7 Å². The number of benzene rings is 4. The summed E-state index contributed by atoms with van der Waals surface area (Å²) in [5.74, 6) is 1.59. The van der Waals surface area contributed by atoms with E-state index in [0.717, 1.165) is 59.9 Å². The lowest BCUT2D eigenvalue weighted by Gasteiger charge is -2.46. The first-order chi connectivity index (χ1) is 32.9. The van der Waals surface area contributed by atoms with Crippen molar-refractivity contribution in [1.82, 2.24) is 10.6 Å². The van der Waals surface area contributed by atoms with E-state index in [4.69, 9.17) is 9.47 Å². The number of anilines is 4. The second-order valence-electron chi connectivity index (χ2n) is 19.4. The van der Waals surface area contributed by atoms with Gasteiger partial charge in [-0.15, -0.1) is 0 Å². The van der Waals surface area contributed by atoms with Gasteiger partial charge >= 0.3 is 0 Å². The standard InChI is InChI=1S/2C28H33N3O3/c2*1-17-26(30-23-9-6-21(7-10-23)28(33)29-3)24-16-22(19-12-14-34-15-13-19)8-11-25(24)31(18(2)32)27(17)20-4-5-20/h2*6-12,16-17,20,26-27,30H,4-5,13-15H2,1-3H3,(H,29,33)/t2*17-,26-,27-/m10/s1. The molecule has 4 aromatic carbocycles. The largest absolute Gasteiger partial charge is 0.378 e. The van der Waals surface area contributed by atoms with Gasteiger partial charge in [-0.25, -0.2) is 0 Å². The van der Waals surface area contributed by atoms with Gasteiger partial charge in [0.05, 0.1) is 38.5 Å². The molecule has 356 valence electrons. The second-order valence-corrected chi connectivity index (χ2v) is 19.4. The van der Waals surface area contributed by atoms with Crippen molar-refractivity contribution in [3.05, 3.63) is 130 Å². The Kier molecular flexibility index (Phi) is 13.9. The molecule has 0 radical (unpaired) electrons. The number of fused-ring (bicyclic) bond motifs is 2. The van der Waals surface area contributed by atoms with Crippen LogP contribution in [-0.2, 0) is 19.1 Å². The van der Waals surface area contributed by atoms with Crippen molar-refractivity contribution in [3.63, 3.8) is 0 Å². The van der Waals surface area contributed by atoms with Crippen molar-refractivity contribution in [2.24, 2.45) is 23.7 Å². The molecule has 4 N–H and O–H groups in total. The molecule has 0 spiro atoms. The molecule has 0 bridgehead atoms. The molecule has 0 saturated heterocycles. The fourth-order valence-corrected chi connectivity index (χ4v) is 11.2. The number of hydrogen-bond acceptors (Lipinski definition) is 8. The van der Waals surface area contributed by atoms with E-state index in [1.807, 2.05) is 58.3 Å². The summed E-state index contributed by atoms with van der Waals surface area (Å²) in [6.45, 7) is 10.7. The van der Waals surface area contributed by atoms with E-state index in [0.29, 0.717) is 36.2 Å². The van der Waals surface area contributed by atoms with Crippen LogP contribution in [0.1, 0.15) is 121 Å². The van der Waals surface area contributed by atoms with Crippen LogP contribution in [0.4, 0.5) is 22.7 Å². The number of rotatable bonds is 10. The third-order valence-corrected chi connectivity index (χ3v) is 14.9. The molecule has 0 aromatic heterocycles. The summed E-state index contributed by atoms with van der Waals surface area (Å²) in [4.78, 5) is 53.8. The first kappa shape index (κ1) is 46.9. The van der Waals surface area contributed by atoms with Crippen LogP contribution in [0.15, 0.2) is 97.1 Å². The van der Waals surface area contributed by atoms with Crippen LogP contribution in [0.25, 0.3) is 11.1 Å². The van der Waals surface area contributed by atoms with Crippen molar-refractivity contribution >= 4 is 57.5 Å². The lowest BCUT2D eigenvalue weighted by molar-refractivity contribution is -0.118. The van der Waals surface area contributed by atoms with Gasteiger partial charge in [0.2, 0.25) is 11.8 Å². The molecule has 10 rings (SSSR count). The number of ether oxygens (including phenoxy) is 2. The lowest BCUT2D eigenvalue weighted by Crippen LogP contribution is -2.51. The van der Waals surface area contributed by atoms with Crippen molar-refractivity contribution in [2.45, 2.75) is 90.4 Å². The molecule has 68 heavy (non-hydrogen) atoms. The SMILES string of the molecule is CNC(=O)c1ccc(N[C@@H]2c3cc(C4=CCOCC4)ccc3N(C(C)=O)[C@H](C3CC3)[C@H]2C)cc1.CNC(=O)c1ccc(N[C@H]2c3cc(C4=CCOCC4)ccc3N(C(C)=O)[C@@H](C3CC3)[C@@H]2C)cc1. The molecule has 2 fully saturated rings. The van der Waals surface area contributed by atoms with Crippen molar-refractivity contribution in [3.8, 4) is 0 Å². The van der Waals surface area contributed by atoms with Gasteiger partial charge in [0.1, 0.15) is 0 Å². The molecule has 2 saturated carbocycles. The number of hydrogen-bond donors (Lipinski definition) is 4. The minimum Gasteiger partial charge on any atom is -0.378 e. The van der Waals surface area contributed by atoms with E-state index >= 15 is 0 Å². The van der Waals surface area contributed by atoms with Gasteiger partial charge in [0.15, 0.2) is 0 Å². The number of carbonyl (C=O) groups excluding carboxylic acids is 4. The molecule has 6 aliphatic rings. The summed E-state index contributed by atoms with van der Waals surface area (Å²) in [7, 11) is 3.28. The maximum Gasteiger partial charge on any atom is 0.251 e. The average Bonchev–Trinajstić information content (AvgIpc) is 4.32. The van der Waals surface area contributed by atoms with Crippen molar-refractivity contribution in [1.29, 1.82) is 0 Å². The van der Waals surface area contributed by atoms with Gasteiger partial charge < -0.3 is 40.5 Å². The molecule has 2 aliphatic carbocycles. The smallest absolute Gasteiger partial charge is 0.251 e. The zero-order valence-electron chi connectivity index (χ0n) is 40.3. The van der Waals surface area contributed by atoms with Gasteiger partial charge in [0, 0.05) is 85.7 Å². The molecule has 6 atom stereocenters. The highest BCUT2D eigenvalue weighted by Gasteiger charge is 2.49. The van der Waals surface area contributed by atoms with Crippen LogP contribution >= 0.6 is 0 Å². The molecule has 12 heteroatoms. The predicted molar refractivity (Wildman–Crippen MR) is 270 cm³/mol. The fourth-order valence-electron chi connectivity index (χ4n) is 11.2. The minimum absolute atomic E-state index is 0.0578. The molecule has 4 heterocycles. The number of nitrogens with one attached hydrogen (secondary N) is 4. The van der Waals surface area contributed by atoms with Gasteiger partial charge in [-0.1, -0.05) is 38.1 Å². The molecular formula is C56H66N6O6. The Hall–Kier alpha value is -6.24. The Balaban J connectivity index is 0.000000170. The molecule has 4 amide bonds. The van der Waals surface area contributed by atoms with E-state index < -0.39 is 0 Å². The zero-order valence-corrected chi connectivity index (χ0v) is 40.3. The lowest BCUT2D eigenvalue weighted by atomic mass is 9.79. The number of amides is 4. The Morgan fingerprint density at radius 1 is 0.544 bits per heavy atom. The Labute approximate surface area is 400 Å². The van der Waals surface area contributed by atoms with E-state index in [-0.39, 0.29) is 59.6 Å². The maximum atomic E-state index is 12.9. The van der Waals surface area contributed by atoms with Crippen molar-refractivity contribution < 1.29 is 28.7 Å². The highest BCUT2D eigenvalue weighted by atomic mass is 16.5. The summed E-state index contributed by atoms with van der Waals surface area (Å²) in [5.41, 5.74) is 12.5. The summed E-state index contributed by atoms with van der Waals surface area (Å²) < 4.78 is 11.0.